The molecule has 0 aliphatic heterocycles. The van der Waals surface area contributed by atoms with Crippen molar-refractivity contribution in [2.24, 2.45) is 0 Å². The first-order valence-corrected chi connectivity index (χ1v) is 7.81. The molecule has 0 bridgehead atoms. The number of hydrogen-bond donors (Lipinski definition) is 1. The Morgan fingerprint density at radius 1 is 1.22 bits per heavy atom. The van der Waals surface area contributed by atoms with E-state index in [0.29, 0.717) is 29.4 Å². The highest BCUT2D eigenvalue weighted by Crippen LogP contribution is 2.28. The Labute approximate surface area is 144 Å². The number of nitrogens with one attached hydrogen (secondary N) is 1. The molecule has 0 saturated heterocycles. The van der Waals surface area contributed by atoms with Crippen molar-refractivity contribution in [3.63, 3.8) is 0 Å². The van der Waals surface area contributed by atoms with Crippen LogP contribution in [0.2, 0.25) is 0 Å². The lowest BCUT2D eigenvalue weighted by Gasteiger charge is -2.14. The van der Waals surface area contributed by atoms with Gasteiger partial charge in [-0.1, -0.05) is 34.6 Å². The Balaban J connectivity index is 2.24. The van der Waals surface area contributed by atoms with E-state index in [9.17, 15) is 4.79 Å². The first-order chi connectivity index (χ1) is 11.0. The smallest absolute Gasteiger partial charge is 0.259 e. The Morgan fingerprint density at radius 2 is 1.96 bits per heavy atom. The molecule has 2 aromatic rings. The van der Waals surface area contributed by atoms with E-state index in [0.717, 1.165) is 10.0 Å². The highest BCUT2D eigenvalue weighted by Gasteiger charge is 2.15. The minimum absolute atomic E-state index is 0.269. The molecule has 1 N–H and O–H groups in total. The van der Waals surface area contributed by atoms with E-state index in [1.54, 1.807) is 24.3 Å². The quantitative estimate of drug-likeness (QED) is 0.746. The van der Waals surface area contributed by atoms with E-state index in [1.807, 2.05) is 25.1 Å². The third kappa shape index (κ3) is 4.60. The van der Waals surface area contributed by atoms with Crippen LogP contribution in [-0.2, 0) is 0 Å². The molecule has 0 fully saturated rings. The summed E-state index contributed by atoms with van der Waals surface area (Å²) in [7, 11) is 1.53. The molecule has 0 aliphatic rings. The molecule has 0 unspecified atom stereocenters. The van der Waals surface area contributed by atoms with E-state index in [-0.39, 0.29) is 5.91 Å². The summed E-state index contributed by atoms with van der Waals surface area (Å²) in [6, 6.07) is 12.5. The number of hydrogen-bond acceptors (Lipinski definition) is 3. The van der Waals surface area contributed by atoms with Gasteiger partial charge in [0.05, 0.1) is 18.4 Å². The monoisotopic (exact) mass is 375 g/mol. The van der Waals surface area contributed by atoms with Gasteiger partial charge in [0.15, 0.2) is 0 Å². The first kappa shape index (κ1) is 17.1. The van der Waals surface area contributed by atoms with Gasteiger partial charge in [0.1, 0.15) is 18.1 Å². The van der Waals surface area contributed by atoms with Crippen LogP contribution in [0.1, 0.15) is 17.3 Å². The zero-order chi connectivity index (χ0) is 16.8. The predicted molar refractivity (Wildman–Crippen MR) is 95.4 cm³/mol. The summed E-state index contributed by atoms with van der Waals surface area (Å²) < 4.78 is 11.7. The number of para-hydroxylation sites is 2. The SMILES string of the molecule is C=C(C)COc1ccccc1NC(=O)c1cc(Br)ccc1OC. The van der Waals surface area contributed by atoms with Gasteiger partial charge >= 0.3 is 0 Å². The maximum absolute atomic E-state index is 12.6. The molecule has 0 aromatic heterocycles. The second-order valence-electron chi connectivity index (χ2n) is 5.04. The lowest BCUT2D eigenvalue weighted by atomic mass is 10.2. The molecule has 0 spiro atoms. The molecule has 4 nitrogen and oxygen atoms in total. The van der Waals surface area contributed by atoms with Crippen LogP contribution in [-0.4, -0.2) is 19.6 Å². The molecule has 0 heterocycles. The minimum Gasteiger partial charge on any atom is -0.496 e. The summed E-state index contributed by atoms with van der Waals surface area (Å²) in [4.78, 5) is 12.6. The molecular weight excluding hydrogens is 358 g/mol. The Morgan fingerprint density at radius 3 is 2.65 bits per heavy atom. The van der Waals surface area contributed by atoms with Crippen molar-refractivity contribution in [1.82, 2.24) is 0 Å². The van der Waals surface area contributed by atoms with Crippen molar-refractivity contribution in [3.8, 4) is 11.5 Å². The van der Waals surface area contributed by atoms with Crippen molar-refractivity contribution >= 4 is 27.5 Å². The molecule has 0 aliphatic carbocycles. The fourth-order valence-electron chi connectivity index (χ4n) is 1.94. The summed E-state index contributed by atoms with van der Waals surface area (Å²) in [5, 5.41) is 2.86. The highest BCUT2D eigenvalue weighted by atomic mass is 79.9. The maximum atomic E-state index is 12.6. The molecule has 1 amide bonds. The van der Waals surface area contributed by atoms with Crippen LogP contribution >= 0.6 is 15.9 Å². The predicted octanol–water partition coefficient (Wildman–Crippen LogP) is 4.66. The van der Waals surface area contributed by atoms with Crippen LogP contribution in [0, 0.1) is 0 Å². The molecule has 0 saturated carbocycles. The second-order valence-corrected chi connectivity index (χ2v) is 5.96. The van der Waals surface area contributed by atoms with E-state index in [4.69, 9.17) is 9.47 Å². The van der Waals surface area contributed by atoms with Crippen LogP contribution in [0.4, 0.5) is 5.69 Å². The van der Waals surface area contributed by atoms with Gasteiger partial charge < -0.3 is 14.8 Å². The molecule has 120 valence electrons. The van der Waals surface area contributed by atoms with Crippen LogP contribution in [0.5, 0.6) is 11.5 Å². The third-order valence-corrected chi connectivity index (χ3v) is 3.51. The van der Waals surface area contributed by atoms with Crippen molar-refractivity contribution in [3.05, 3.63) is 64.7 Å². The zero-order valence-corrected chi connectivity index (χ0v) is 14.6. The molecule has 0 atom stereocenters. The average Bonchev–Trinajstić information content (AvgIpc) is 2.53. The summed E-state index contributed by atoms with van der Waals surface area (Å²) in [5.41, 5.74) is 1.94. The third-order valence-electron chi connectivity index (χ3n) is 3.02. The van der Waals surface area contributed by atoms with Gasteiger partial charge in [-0.3, -0.25) is 4.79 Å². The minimum atomic E-state index is -0.269. The second kappa shape index (κ2) is 7.83. The van der Waals surface area contributed by atoms with Crippen molar-refractivity contribution < 1.29 is 14.3 Å². The lowest BCUT2D eigenvalue weighted by Crippen LogP contribution is -2.14. The van der Waals surface area contributed by atoms with Gasteiger partial charge in [-0.25, -0.2) is 0 Å². The van der Waals surface area contributed by atoms with E-state index >= 15 is 0 Å². The van der Waals surface area contributed by atoms with Gasteiger partial charge in [-0.15, -0.1) is 0 Å². The van der Waals surface area contributed by atoms with Gasteiger partial charge in [0, 0.05) is 4.47 Å². The zero-order valence-electron chi connectivity index (χ0n) is 13.1. The molecule has 23 heavy (non-hydrogen) atoms. The van der Waals surface area contributed by atoms with E-state index in [2.05, 4.69) is 27.8 Å². The lowest BCUT2D eigenvalue weighted by molar-refractivity contribution is 0.102. The Kier molecular flexibility index (Phi) is 5.82. The standard InChI is InChI=1S/C18H18BrNO3/c1-12(2)11-23-17-7-5-4-6-15(17)20-18(21)14-10-13(19)8-9-16(14)22-3/h4-10H,1,11H2,2-3H3,(H,20,21). The van der Waals surface area contributed by atoms with Crippen LogP contribution in [0.15, 0.2) is 59.1 Å². The number of amides is 1. The van der Waals surface area contributed by atoms with Crippen molar-refractivity contribution in [2.45, 2.75) is 6.92 Å². The summed E-state index contributed by atoms with van der Waals surface area (Å²) in [5.74, 6) is 0.832. The number of rotatable bonds is 6. The molecule has 2 rings (SSSR count). The Hall–Kier alpha value is -2.27. The molecule has 2 aromatic carbocycles. The topological polar surface area (TPSA) is 47.6 Å². The van der Waals surface area contributed by atoms with E-state index in [1.165, 1.54) is 7.11 Å². The van der Waals surface area contributed by atoms with Crippen molar-refractivity contribution in [2.75, 3.05) is 19.0 Å². The number of ether oxygens (including phenoxy) is 2. The van der Waals surface area contributed by atoms with E-state index < -0.39 is 0 Å². The molecule has 0 radical (unpaired) electrons. The highest BCUT2D eigenvalue weighted by molar-refractivity contribution is 9.10. The summed E-state index contributed by atoms with van der Waals surface area (Å²) >= 11 is 3.36. The fraction of sp³-hybridized carbons (Fsp3) is 0.167. The van der Waals surface area contributed by atoms with Gasteiger partial charge in [0.2, 0.25) is 0 Å². The summed E-state index contributed by atoms with van der Waals surface area (Å²) in [6.45, 7) is 6.09. The molecule has 5 heteroatoms. The average molecular weight is 376 g/mol. The largest absolute Gasteiger partial charge is 0.496 e. The van der Waals surface area contributed by atoms with Crippen LogP contribution in [0.3, 0.4) is 0 Å². The number of carbonyl (C=O) groups is 1. The first-order valence-electron chi connectivity index (χ1n) is 7.02. The van der Waals surface area contributed by atoms with Gasteiger partial charge in [0.25, 0.3) is 5.91 Å². The van der Waals surface area contributed by atoms with Gasteiger partial charge in [-0.2, -0.15) is 0 Å². The fourth-order valence-corrected chi connectivity index (χ4v) is 2.31. The number of methoxy groups -OCH3 is 1. The number of benzene rings is 2. The van der Waals surface area contributed by atoms with Crippen molar-refractivity contribution in [1.29, 1.82) is 0 Å². The van der Waals surface area contributed by atoms with Gasteiger partial charge in [-0.05, 0) is 42.8 Å². The summed E-state index contributed by atoms with van der Waals surface area (Å²) in [6.07, 6.45) is 0. The Bertz CT molecular complexity index is 728. The normalized spacial score (nSPS) is 10.0. The maximum Gasteiger partial charge on any atom is 0.259 e. The molecular formula is C18H18BrNO3. The number of carbonyl (C=O) groups excluding carboxylic acids is 1. The van der Waals surface area contributed by atoms with Crippen LogP contribution in [0.25, 0.3) is 0 Å². The number of anilines is 1. The van der Waals surface area contributed by atoms with Crippen LogP contribution < -0.4 is 14.8 Å². The number of halogens is 1.